The van der Waals surface area contributed by atoms with Gasteiger partial charge in [0.15, 0.2) is 5.69 Å². The second-order valence-corrected chi connectivity index (χ2v) is 10.2. The van der Waals surface area contributed by atoms with Crippen LogP contribution in [-0.2, 0) is 6.18 Å². The van der Waals surface area contributed by atoms with Crippen LogP contribution in [0.4, 0.5) is 51.6 Å². The molecule has 4 heterocycles. The highest BCUT2D eigenvalue weighted by Crippen LogP contribution is 2.34. The molecule has 1 atom stereocenters. The Morgan fingerprint density at radius 3 is 2.48 bits per heavy atom. The number of amides is 1. The van der Waals surface area contributed by atoms with Gasteiger partial charge in [-0.2, -0.15) is 30.7 Å². The van der Waals surface area contributed by atoms with Gasteiger partial charge in [-0.15, -0.1) is 0 Å². The smallest absolute Gasteiger partial charge is 0.434 e. The number of pyridine rings is 1. The average molecular weight is 626 g/mol. The highest BCUT2D eigenvalue weighted by molar-refractivity contribution is 7.10. The molecule has 1 fully saturated rings. The van der Waals surface area contributed by atoms with Gasteiger partial charge in [0.1, 0.15) is 10.8 Å². The molecule has 1 amide bonds. The van der Waals surface area contributed by atoms with Crippen LogP contribution in [-0.4, -0.2) is 68.5 Å². The normalized spacial score (nSPS) is 17.6. The summed E-state index contributed by atoms with van der Waals surface area (Å²) in [7, 11) is 0. The molecule has 3 aromatic heterocycles. The fraction of sp³-hybridized carbons (Fsp3) is 0.458. The molecule has 3 aromatic rings. The number of halogens is 8. The first-order valence-electron chi connectivity index (χ1n) is 12.3. The predicted molar refractivity (Wildman–Crippen MR) is 135 cm³/mol. The third-order valence-corrected chi connectivity index (χ3v) is 7.09. The third-order valence-electron chi connectivity index (χ3n) is 6.24. The molecule has 0 aliphatic carbocycles. The van der Waals surface area contributed by atoms with Crippen LogP contribution in [0.1, 0.15) is 34.6 Å². The Morgan fingerprint density at radius 2 is 1.88 bits per heavy atom. The molecule has 0 bridgehead atoms. The molecule has 4 rings (SSSR count). The van der Waals surface area contributed by atoms with Gasteiger partial charge < -0.3 is 15.4 Å². The zero-order valence-electron chi connectivity index (χ0n) is 21.7. The van der Waals surface area contributed by atoms with Crippen LogP contribution >= 0.6 is 11.5 Å². The number of hydrogen-bond donors (Lipinski definition) is 2. The summed E-state index contributed by atoms with van der Waals surface area (Å²) in [6, 6.07) is 2.77. The van der Waals surface area contributed by atoms with E-state index in [1.54, 1.807) is 6.92 Å². The topological polar surface area (TPSA) is 105 Å². The van der Waals surface area contributed by atoms with Crippen LogP contribution in [0.2, 0.25) is 0 Å². The van der Waals surface area contributed by atoms with Crippen LogP contribution < -0.4 is 15.4 Å². The van der Waals surface area contributed by atoms with Crippen molar-refractivity contribution in [2.45, 2.75) is 38.0 Å². The second kappa shape index (κ2) is 12.3. The Morgan fingerprint density at radius 1 is 1.12 bits per heavy atom. The maximum absolute atomic E-state index is 14.5. The Kier molecular flexibility index (Phi) is 9.15. The summed E-state index contributed by atoms with van der Waals surface area (Å²) in [4.78, 5) is 25.0. The first kappa shape index (κ1) is 31.3. The molecule has 2 N–H and O–H groups in total. The van der Waals surface area contributed by atoms with Gasteiger partial charge in [0.2, 0.25) is 5.88 Å². The fourth-order valence-corrected chi connectivity index (χ4v) is 4.84. The van der Waals surface area contributed by atoms with E-state index in [9.17, 15) is 39.9 Å². The van der Waals surface area contributed by atoms with Crippen LogP contribution in [0.3, 0.4) is 0 Å². The standard InChI is InChI=1S/C24H23F8N7O2S/c1-13-19(21(42-38-13)37-17-10-33-16(9-34-17)24(30,31)32)20(40)36-15-2-3-18(35-8-15)41-11-14-4-6-39(12-22(14,25)26)7-5-23(27,28)29/h2-3,8-10,14H,4-7,11-12H2,1H3,(H,34,37)(H,36,40). The van der Waals surface area contributed by atoms with E-state index in [0.29, 0.717) is 11.9 Å². The van der Waals surface area contributed by atoms with Crippen molar-refractivity contribution in [3.63, 3.8) is 0 Å². The Bertz CT molecular complexity index is 1370. The lowest BCUT2D eigenvalue weighted by Gasteiger charge is -2.38. The quantitative estimate of drug-likeness (QED) is 0.282. The zero-order chi connectivity index (χ0) is 30.7. The molecule has 0 saturated carbocycles. The molecule has 0 aromatic carbocycles. The van der Waals surface area contributed by atoms with E-state index in [1.165, 1.54) is 18.3 Å². The first-order chi connectivity index (χ1) is 19.6. The summed E-state index contributed by atoms with van der Waals surface area (Å²) >= 11 is 0.884. The van der Waals surface area contributed by atoms with Crippen molar-refractivity contribution < 1.29 is 44.7 Å². The van der Waals surface area contributed by atoms with Crippen LogP contribution in [0.5, 0.6) is 5.88 Å². The van der Waals surface area contributed by atoms with Gasteiger partial charge in [-0.1, -0.05) is 0 Å². The molecule has 1 aliphatic heterocycles. The van der Waals surface area contributed by atoms with Crippen molar-refractivity contribution in [1.82, 2.24) is 24.2 Å². The SMILES string of the molecule is Cc1nsc(Nc2cnc(C(F)(F)F)cn2)c1C(=O)Nc1ccc(OCC2CCN(CCC(F)(F)F)CC2(F)F)nc1. The van der Waals surface area contributed by atoms with E-state index >= 15 is 0 Å². The van der Waals surface area contributed by atoms with E-state index in [1.807, 2.05) is 0 Å². The van der Waals surface area contributed by atoms with Crippen LogP contribution in [0.15, 0.2) is 30.7 Å². The number of nitrogens with one attached hydrogen (secondary N) is 2. The molecule has 42 heavy (non-hydrogen) atoms. The van der Waals surface area contributed by atoms with E-state index in [2.05, 4.69) is 30.0 Å². The third kappa shape index (κ3) is 8.21. The maximum Gasteiger partial charge on any atom is 0.434 e. The van der Waals surface area contributed by atoms with Gasteiger partial charge >= 0.3 is 12.4 Å². The molecular weight excluding hydrogens is 602 g/mol. The number of alkyl halides is 8. The first-order valence-corrected chi connectivity index (χ1v) is 13.1. The van der Waals surface area contributed by atoms with E-state index in [0.717, 1.165) is 22.6 Å². The summed E-state index contributed by atoms with van der Waals surface area (Å²) < 4.78 is 114. The lowest BCUT2D eigenvalue weighted by molar-refractivity contribution is -0.152. The molecule has 1 unspecified atom stereocenters. The van der Waals surface area contributed by atoms with Gasteiger partial charge in [0.25, 0.3) is 11.8 Å². The highest BCUT2D eigenvalue weighted by Gasteiger charge is 2.45. The van der Waals surface area contributed by atoms with E-state index in [4.69, 9.17) is 4.74 Å². The zero-order valence-corrected chi connectivity index (χ0v) is 22.5. The number of aromatic nitrogens is 4. The summed E-state index contributed by atoms with van der Waals surface area (Å²) in [6.45, 7) is -0.0593. The van der Waals surface area contributed by atoms with Crippen molar-refractivity contribution in [2.24, 2.45) is 5.92 Å². The number of ether oxygens (including phenoxy) is 1. The largest absolute Gasteiger partial charge is 0.477 e. The van der Waals surface area contributed by atoms with Crippen molar-refractivity contribution in [3.05, 3.63) is 47.7 Å². The Hall–Kier alpha value is -3.67. The van der Waals surface area contributed by atoms with Crippen molar-refractivity contribution in [2.75, 3.05) is 36.9 Å². The minimum atomic E-state index is -4.66. The molecular formula is C24H23F8N7O2S. The van der Waals surface area contributed by atoms with Crippen molar-refractivity contribution >= 4 is 33.9 Å². The number of rotatable bonds is 9. The lowest BCUT2D eigenvalue weighted by atomic mass is 9.93. The number of carbonyl (C=O) groups excluding carboxylic acids is 1. The average Bonchev–Trinajstić information content (AvgIpc) is 3.26. The molecule has 228 valence electrons. The van der Waals surface area contributed by atoms with E-state index < -0.39 is 61.9 Å². The number of carbonyl (C=O) groups is 1. The van der Waals surface area contributed by atoms with Gasteiger partial charge in [0.05, 0.1) is 61.0 Å². The minimum Gasteiger partial charge on any atom is -0.477 e. The van der Waals surface area contributed by atoms with Gasteiger partial charge in [-0.25, -0.2) is 23.7 Å². The predicted octanol–water partition coefficient (Wildman–Crippen LogP) is 5.94. The monoisotopic (exact) mass is 625 g/mol. The van der Waals surface area contributed by atoms with Crippen LogP contribution in [0.25, 0.3) is 0 Å². The Balaban J connectivity index is 1.31. The number of aryl methyl sites for hydroxylation is 1. The number of nitrogens with zero attached hydrogens (tertiary/aromatic N) is 5. The number of piperidine rings is 1. The molecule has 1 saturated heterocycles. The fourth-order valence-electron chi connectivity index (χ4n) is 4.03. The summed E-state index contributed by atoms with van der Waals surface area (Å²) in [5.74, 6) is -5.12. The number of hydrogen-bond acceptors (Lipinski definition) is 9. The van der Waals surface area contributed by atoms with Gasteiger partial charge in [-0.3, -0.25) is 9.69 Å². The molecule has 18 heteroatoms. The molecule has 0 radical (unpaired) electrons. The number of anilines is 3. The maximum atomic E-state index is 14.5. The molecule has 9 nitrogen and oxygen atoms in total. The molecule has 1 aliphatic rings. The minimum absolute atomic E-state index is 0.0000793. The number of likely N-dealkylation sites (tertiary alicyclic amines) is 1. The lowest BCUT2D eigenvalue weighted by Crippen LogP contribution is -2.50. The van der Waals surface area contributed by atoms with Crippen molar-refractivity contribution in [1.29, 1.82) is 0 Å². The molecule has 0 spiro atoms. The Labute approximate surface area is 237 Å². The van der Waals surface area contributed by atoms with Gasteiger partial charge in [0, 0.05) is 12.6 Å². The van der Waals surface area contributed by atoms with Gasteiger partial charge in [-0.05, 0) is 37.5 Å². The summed E-state index contributed by atoms with van der Waals surface area (Å²) in [5.41, 5.74) is -0.518. The van der Waals surface area contributed by atoms with E-state index in [-0.39, 0.29) is 40.9 Å². The second-order valence-electron chi connectivity index (χ2n) is 9.42. The summed E-state index contributed by atoms with van der Waals surface area (Å²) in [6.07, 6.45) is -7.64. The summed E-state index contributed by atoms with van der Waals surface area (Å²) in [5, 5.41) is 5.52. The van der Waals surface area contributed by atoms with Crippen molar-refractivity contribution in [3.8, 4) is 5.88 Å². The van der Waals surface area contributed by atoms with Crippen LogP contribution in [0, 0.1) is 12.8 Å². The highest BCUT2D eigenvalue weighted by atomic mass is 32.1.